The first-order chi connectivity index (χ1) is 9.79. The first-order valence-corrected chi connectivity index (χ1v) is 9.08. The summed E-state index contributed by atoms with van der Waals surface area (Å²) >= 11 is 0. The lowest BCUT2D eigenvalue weighted by Crippen LogP contribution is -2.39. The molecule has 0 aliphatic carbocycles. The van der Waals surface area contributed by atoms with Crippen LogP contribution in [-0.2, 0) is 20.8 Å². The lowest BCUT2D eigenvalue weighted by Gasteiger charge is -2.22. The SMILES string of the molecule is O=[N+]([O-])c1ccc(S(=O)(=O)NC2CCS(=O)CC2)cc1F. The average Bonchev–Trinajstić information content (AvgIpc) is 2.40. The monoisotopic (exact) mass is 336 g/mol. The number of sulfonamides is 1. The topological polar surface area (TPSA) is 106 Å². The third-order valence-electron chi connectivity index (χ3n) is 3.14. The Morgan fingerprint density at radius 1 is 1.33 bits per heavy atom. The standard InChI is InChI=1S/C11H13FN2O5S2/c12-10-7-9(1-2-11(10)14(15)16)21(18,19)13-8-3-5-20(17)6-4-8/h1-2,7-8,13H,3-6H2. The maximum atomic E-state index is 13.5. The maximum Gasteiger partial charge on any atom is 0.304 e. The van der Waals surface area contributed by atoms with Crippen molar-refractivity contribution in [1.29, 1.82) is 0 Å². The highest BCUT2D eigenvalue weighted by molar-refractivity contribution is 7.89. The third-order valence-corrected chi connectivity index (χ3v) is 6.04. The molecule has 7 nitrogen and oxygen atoms in total. The van der Waals surface area contributed by atoms with Crippen LogP contribution in [0.4, 0.5) is 10.1 Å². The summed E-state index contributed by atoms with van der Waals surface area (Å²) in [6.45, 7) is 0. The summed E-state index contributed by atoms with van der Waals surface area (Å²) < 4.78 is 51.3. The summed E-state index contributed by atoms with van der Waals surface area (Å²) in [5, 5.41) is 10.5. The number of halogens is 1. The Morgan fingerprint density at radius 3 is 2.48 bits per heavy atom. The van der Waals surface area contributed by atoms with Gasteiger partial charge in [0.05, 0.1) is 9.82 Å². The van der Waals surface area contributed by atoms with E-state index >= 15 is 0 Å². The van der Waals surface area contributed by atoms with E-state index in [1.54, 1.807) is 0 Å². The van der Waals surface area contributed by atoms with Gasteiger partial charge >= 0.3 is 5.69 Å². The zero-order valence-electron chi connectivity index (χ0n) is 10.8. The molecule has 0 amide bonds. The zero-order valence-corrected chi connectivity index (χ0v) is 12.5. The fraction of sp³-hybridized carbons (Fsp3) is 0.455. The van der Waals surface area contributed by atoms with Crippen LogP contribution in [0.25, 0.3) is 0 Å². The first kappa shape index (κ1) is 16.0. The number of hydrogen-bond acceptors (Lipinski definition) is 5. The quantitative estimate of drug-likeness (QED) is 0.650. The molecule has 1 aliphatic heterocycles. The molecule has 0 aromatic heterocycles. The molecular formula is C11H13FN2O5S2. The van der Waals surface area contributed by atoms with Crippen LogP contribution in [0.3, 0.4) is 0 Å². The second-order valence-electron chi connectivity index (χ2n) is 4.61. The number of hydrogen-bond donors (Lipinski definition) is 1. The van der Waals surface area contributed by atoms with Crippen molar-refractivity contribution >= 4 is 26.5 Å². The zero-order chi connectivity index (χ0) is 15.6. The van der Waals surface area contributed by atoms with Gasteiger partial charge in [-0.3, -0.25) is 14.3 Å². The normalized spacial score (nSPS) is 22.9. The van der Waals surface area contributed by atoms with Gasteiger partial charge in [0.15, 0.2) is 0 Å². The minimum atomic E-state index is -3.95. The molecule has 0 unspecified atom stereocenters. The molecule has 0 saturated carbocycles. The Labute approximate surface area is 123 Å². The summed E-state index contributed by atoms with van der Waals surface area (Å²) in [5.41, 5.74) is -0.776. The number of benzene rings is 1. The van der Waals surface area contributed by atoms with Crippen molar-refractivity contribution < 1.29 is 21.9 Å². The summed E-state index contributed by atoms with van der Waals surface area (Å²) in [7, 11) is -4.87. The second-order valence-corrected chi connectivity index (χ2v) is 8.02. The molecule has 0 radical (unpaired) electrons. The van der Waals surface area contributed by atoms with Crippen LogP contribution in [0.5, 0.6) is 0 Å². The molecule has 21 heavy (non-hydrogen) atoms. The Balaban J connectivity index is 2.18. The molecule has 1 fully saturated rings. The van der Waals surface area contributed by atoms with Crippen LogP contribution >= 0.6 is 0 Å². The van der Waals surface area contributed by atoms with Crippen LogP contribution < -0.4 is 4.72 Å². The third kappa shape index (κ3) is 3.83. The van der Waals surface area contributed by atoms with Crippen LogP contribution in [0.15, 0.2) is 23.1 Å². The Kier molecular flexibility index (Phi) is 4.69. The fourth-order valence-corrected chi connectivity index (χ4v) is 4.62. The van der Waals surface area contributed by atoms with Crippen molar-refractivity contribution in [3.05, 3.63) is 34.1 Å². The van der Waals surface area contributed by atoms with E-state index < -0.39 is 37.3 Å². The molecule has 0 bridgehead atoms. The van der Waals surface area contributed by atoms with Gasteiger partial charge in [-0.15, -0.1) is 0 Å². The molecule has 116 valence electrons. The largest absolute Gasteiger partial charge is 0.304 e. The molecule has 0 spiro atoms. The van der Waals surface area contributed by atoms with Gasteiger partial charge in [0.25, 0.3) is 0 Å². The van der Waals surface area contributed by atoms with Gasteiger partial charge in [-0.2, -0.15) is 4.39 Å². The minimum Gasteiger partial charge on any atom is -0.260 e. The highest BCUT2D eigenvalue weighted by Crippen LogP contribution is 2.21. The van der Waals surface area contributed by atoms with E-state index in [4.69, 9.17) is 0 Å². The van der Waals surface area contributed by atoms with E-state index in [9.17, 15) is 27.1 Å². The molecule has 0 atom stereocenters. The van der Waals surface area contributed by atoms with Gasteiger partial charge < -0.3 is 0 Å². The molecule has 10 heteroatoms. The first-order valence-electron chi connectivity index (χ1n) is 6.11. The average molecular weight is 336 g/mol. The van der Waals surface area contributed by atoms with E-state index in [0.29, 0.717) is 30.4 Å². The summed E-state index contributed by atoms with van der Waals surface area (Å²) in [5.74, 6) is -0.364. The van der Waals surface area contributed by atoms with Crippen molar-refractivity contribution in [2.45, 2.75) is 23.8 Å². The van der Waals surface area contributed by atoms with Crippen molar-refractivity contribution in [3.63, 3.8) is 0 Å². The van der Waals surface area contributed by atoms with Crippen LogP contribution in [0.2, 0.25) is 0 Å². The van der Waals surface area contributed by atoms with Crippen LogP contribution in [-0.4, -0.2) is 35.1 Å². The van der Waals surface area contributed by atoms with Crippen LogP contribution in [0, 0.1) is 15.9 Å². The number of nitro groups is 1. The lowest BCUT2D eigenvalue weighted by atomic mass is 10.2. The van der Waals surface area contributed by atoms with E-state index in [0.717, 1.165) is 12.1 Å². The fourth-order valence-electron chi connectivity index (χ4n) is 2.00. The highest BCUT2D eigenvalue weighted by atomic mass is 32.2. The summed E-state index contributed by atoms with van der Waals surface area (Å²) in [6, 6.07) is 2.08. The van der Waals surface area contributed by atoms with Gasteiger partial charge in [0.2, 0.25) is 15.8 Å². The van der Waals surface area contributed by atoms with E-state index in [1.165, 1.54) is 0 Å². The van der Waals surface area contributed by atoms with Crippen molar-refractivity contribution in [2.75, 3.05) is 11.5 Å². The number of nitrogens with one attached hydrogen (secondary N) is 1. The number of nitro benzene ring substituents is 1. The number of rotatable bonds is 4. The van der Waals surface area contributed by atoms with Gasteiger partial charge in [0.1, 0.15) is 0 Å². The van der Waals surface area contributed by atoms with E-state index in [2.05, 4.69) is 4.72 Å². The van der Waals surface area contributed by atoms with Crippen molar-refractivity contribution in [3.8, 4) is 0 Å². The Bertz CT molecular complexity index is 682. The Hall–Kier alpha value is -1.39. The van der Waals surface area contributed by atoms with Crippen molar-refractivity contribution in [2.24, 2.45) is 0 Å². The predicted octanol–water partition coefficient (Wildman–Crippen LogP) is 0.923. The molecule has 1 aliphatic rings. The van der Waals surface area contributed by atoms with E-state index in [1.807, 2.05) is 0 Å². The molecule has 2 rings (SSSR count). The molecule has 1 heterocycles. The maximum absolute atomic E-state index is 13.5. The lowest BCUT2D eigenvalue weighted by molar-refractivity contribution is -0.387. The van der Waals surface area contributed by atoms with Gasteiger partial charge in [0, 0.05) is 40.5 Å². The number of nitrogens with zero attached hydrogens (tertiary/aromatic N) is 1. The highest BCUT2D eigenvalue weighted by Gasteiger charge is 2.26. The van der Waals surface area contributed by atoms with Crippen molar-refractivity contribution in [1.82, 2.24) is 4.72 Å². The van der Waals surface area contributed by atoms with Crippen LogP contribution in [0.1, 0.15) is 12.8 Å². The summed E-state index contributed by atoms with van der Waals surface area (Å²) in [6.07, 6.45) is 0.891. The molecule has 1 saturated heterocycles. The predicted molar refractivity (Wildman–Crippen MR) is 74.3 cm³/mol. The Morgan fingerprint density at radius 2 is 1.95 bits per heavy atom. The van der Waals surface area contributed by atoms with Gasteiger partial charge in [-0.05, 0) is 18.9 Å². The van der Waals surface area contributed by atoms with Gasteiger partial charge in [-0.1, -0.05) is 0 Å². The minimum absolute atomic E-state index is 0.356. The second kappa shape index (κ2) is 6.16. The summed E-state index contributed by atoms with van der Waals surface area (Å²) in [4.78, 5) is 9.22. The smallest absolute Gasteiger partial charge is 0.260 e. The molecule has 1 aromatic rings. The molecule has 1 aromatic carbocycles. The van der Waals surface area contributed by atoms with E-state index in [-0.39, 0.29) is 10.9 Å². The molecular weight excluding hydrogens is 323 g/mol. The van der Waals surface area contributed by atoms with Gasteiger partial charge in [-0.25, -0.2) is 13.1 Å². The molecule has 1 N–H and O–H groups in total.